The number of carbonyl (C=O) groups is 1. The third-order valence-electron chi connectivity index (χ3n) is 4.92. The van der Waals surface area contributed by atoms with Crippen LogP contribution in [0.4, 0.5) is 4.39 Å². The van der Waals surface area contributed by atoms with Gasteiger partial charge in [0.1, 0.15) is 5.82 Å². The zero-order valence-corrected chi connectivity index (χ0v) is 17.2. The van der Waals surface area contributed by atoms with Gasteiger partial charge in [0.25, 0.3) is 0 Å². The molecule has 7 nitrogen and oxygen atoms in total. The third kappa shape index (κ3) is 5.59. The summed E-state index contributed by atoms with van der Waals surface area (Å²) in [6.07, 6.45) is 2.51. The smallest absolute Gasteiger partial charge is 0.243 e. The lowest BCUT2D eigenvalue weighted by Crippen LogP contribution is -2.52. The summed E-state index contributed by atoms with van der Waals surface area (Å²) >= 11 is 0. The number of carbonyl (C=O) groups excluding carboxylic acids is 1. The molecule has 0 radical (unpaired) electrons. The van der Waals surface area contributed by atoms with Gasteiger partial charge in [-0.1, -0.05) is 6.07 Å². The highest BCUT2D eigenvalue weighted by molar-refractivity contribution is 7.89. The molecule has 0 N–H and O–H groups in total. The molecule has 0 spiro atoms. The van der Waals surface area contributed by atoms with E-state index in [1.807, 2.05) is 30.1 Å². The molecule has 29 heavy (non-hydrogen) atoms. The number of piperazine rings is 1. The molecule has 0 atom stereocenters. The quantitative estimate of drug-likeness (QED) is 0.674. The first kappa shape index (κ1) is 21.4. The number of aromatic nitrogens is 1. The topological polar surface area (TPSA) is 73.8 Å². The van der Waals surface area contributed by atoms with E-state index in [0.29, 0.717) is 19.6 Å². The predicted molar refractivity (Wildman–Crippen MR) is 107 cm³/mol. The molecule has 1 amide bonds. The molecule has 1 aromatic carbocycles. The molecule has 1 aliphatic heterocycles. The van der Waals surface area contributed by atoms with Crippen molar-refractivity contribution in [1.29, 1.82) is 0 Å². The van der Waals surface area contributed by atoms with E-state index in [-0.39, 0.29) is 30.4 Å². The van der Waals surface area contributed by atoms with Crippen molar-refractivity contribution in [2.45, 2.75) is 11.3 Å². The van der Waals surface area contributed by atoms with E-state index < -0.39 is 15.8 Å². The number of rotatable bonds is 7. The molecule has 1 saturated heterocycles. The highest BCUT2D eigenvalue weighted by Gasteiger charge is 2.30. The van der Waals surface area contributed by atoms with Crippen LogP contribution in [0.15, 0.2) is 53.6 Å². The SMILES string of the molecule is CN(CCc1ccccn1)CC(=O)N1CCN(S(=O)(=O)c2ccc(F)cc2)CC1. The minimum absolute atomic E-state index is 0.0210. The van der Waals surface area contributed by atoms with Crippen LogP contribution in [0.3, 0.4) is 0 Å². The average molecular weight is 421 g/mol. The van der Waals surface area contributed by atoms with Crippen molar-refractivity contribution in [3.05, 3.63) is 60.2 Å². The summed E-state index contributed by atoms with van der Waals surface area (Å²) in [4.78, 5) is 20.5. The van der Waals surface area contributed by atoms with Gasteiger partial charge in [-0.3, -0.25) is 14.7 Å². The molecule has 1 fully saturated rings. The van der Waals surface area contributed by atoms with E-state index in [9.17, 15) is 17.6 Å². The Bertz CT molecular complexity index is 915. The van der Waals surface area contributed by atoms with Crippen LogP contribution >= 0.6 is 0 Å². The number of halogens is 1. The zero-order valence-electron chi connectivity index (χ0n) is 16.4. The molecule has 3 rings (SSSR count). The van der Waals surface area contributed by atoms with Crippen molar-refractivity contribution in [2.24, 2.45) is 0 Å². The molecule has 1 aromatic heterocycles. The Morgan fingerprint density at radius 2 is 1.79 bits per heavy atom. The molecule has 0 aliphatic carbocycles. The highest BCUT2D eigenvalue weighted by Crippen LogP contribution is 2.18. The van der Waals surface area contributed by atoms with Gasteiger partial charge < -0.3 is 4.90 Å². The predicted octanol–water partition coefficient (Wildman–Crippen LogP) is 1.23. The van der Waals surface area contributed by atoms with Gasteiger partial charge in [-0.25, -0.2) is 12.8 Å². The Morgan fingerprint density at radius 1 is 1.10 bits per heavy atom. The molecule has 2 heterocycles. The summed E-state index contributed by atoms with van der Waals surface area (Å²) in [6, 6.07) is 10.6. The number of hydrogen-bond donors (Lipinski definition) is 0. The summed E-state index contributed by atoms with van der Waals surface area (Å²) in [5, 5.41) is 0. The minimum Gasteiger partial charge on any atom is -0.339 e. The zero-order chi connectivity index (χ0) is 20.9. The van der Waals surface area contributed by atoms with Crippen LogP contribution < -0.4 is 0 Å². The van der Waals surface area contributed by atoms with Gasteiger partial charge in [0.15, 0.2) is 0 Å². The number of amides is 1. The summed E-state index contributed by atoms with van der Waals surface area (Å²) in [5.41, 5.74) is 0.978. The molecule has 0 bridgehead atoms. The van der Waals surface area contributed by atoms with Gasteiger partial charge in [0.05, 0.1) is 11.4 Å². The van der Waals surface area contributed by atoms with Crippen molar-refractivity contribution >= 4 is 15.9 Å². The molecule has 2 aromatic rings. The maximum absolute atomic E-state index is 13.1. The summed E-state index contributed by atoms with van der Waals surface area (Å²) < 4.78 is 39.7. The fourth-order valence-electron chi connectivity index (χ4n) is 3.19. The van der Waals surface area contributed by atoms with Crippen molar-refractivity contribution in [2.75, 3.05) is 46.3 Å². The lowest BCUT2D eigenvalue weighted by molar-refractivity contribution is -0.133. The van der Waals surface area contributed by atoms with Crippen LogP contribution in [-0.2, 0) is 21.2 Å². The standard InChI is InChI=1S/C20H25FN4O3S/c1-23(11-9-18-4-2-3-10-22-18)16-20(26)24-12-14-25(15-13-24)29(27,28)19-7-5-17(21)6-8-19/h2-8,10H,9,11-16H2,1H3. The second-order valence-electron chi connectivity index (χ2n) is 7.05. The van der Waals surface area contributed by atoms with Crippen molar-refractivity contribution in [3.63, 3.8) is 0 Å². The number of sulfonamides is 1. The molecule has 9 heteroatoms. The number of likely N-dealkylation sites (N-methyl/N-ethyl adjacent to an activating group) is 1. The highest BCUT2D eigenvalue weighted by atomic mass is 32.2. The number of benzene rings is 1. The summed E-state index contributed by atoms with van der Waals surface area (Å²) in [7, 11) is -1.79. The fraction of sp³-hybridized carbons (Fsp3) is 0.400. The van der Waals surface area contributed by atoms with Crippen LogP contribution in [-0.4, -0.2) is 79.7 Å². The fourth-order valence-corrected chi connectivity index (χ4v) is 4.62. The Morgan fingerprint density at radius 3 is 2.41 bits per heavy atom. The maximum atomic E-state index is 13.1. The van der Waals surface area contributed by atoms with Gasteiger partial charge in [-0.15, -0.1) is 0 Å². The van der Waals surface area contributed by atoms with Crippen LogP contribution in [0.2, 0.25) is 0 Å². The molecular formula is C20H25FN4O3S. The monoisotopic (exact) mass is 420 g/mol. The minimum atomic E-state index is -3.68. The van der Waals surface area contributed by atoms with Gasteiger partial charge in [0.2, 0.25) is 15.9 Å². The first-order valence-corrected chi connectivity index (χ1v) is 10.9. The van der Waals surface area contributed by atoms with Gasteiger partial charge in [-0.2, -0.15) is 4.31 Å². The average Bonchev–Trinajstić information content (AvgIpc) is 2.73. The normalized spacial score (nSPS) is 15.6. The first-order valence-electron chi connectivity index (χ1n) is 9.48. The summed E-state index contributed by atoms with van der Waals surface area (Å²) in [6.45, 7) is 2.12. The Balaban J connectivity index is 1.48. The van der Waals surface area contributed by atoms with E-state index in [1.54, 1.807) is 11.1 Å². The Hall–Kier alpha value is -2.36. The third-order valence-corrected chi connectivity index (χ3v) is 6.84. The van der Waals surface area contributed by atoms with Gasteiger partial charge in [-0.05, 0) is 43.4 Å². The van der Waals surface area contributed by atoms with Crippen molar-refractivity contribution in [1.82, 2.24) is 19.1 Å². The second kappa shape index (κ2) is 9.43. The van der Waals surface area contributed by atoms with E-state index in [0.717, 1.165) is 24.2 Å². The van der Waals surface area contributed by atoms with E-state index in [1.165, 1.54) is 16.4 Å². The van der Waals surface area contributed by atoms with Gasteiger partial charge in [0, 0.05) is 51.0 Å². The van der Waals surface area contributed by atoms with Crippen LogP contribution in [0.5, 0.6) is 0 Å². The van der Waals surface area contributed by atoms with E-state index >= 15 is 0 Å². The first-order chi connectivity index (χ1) is 13.9. The van der Waals surface area contributed by atoms with Crippen LogP contribution in [0.1, 0.15) is 5.69 Å². The van der Waals surface area contributed by atoms with E-state index in [2.05, 4.69) is 4.98 Å². The molecule has 156 valence electrons. The molecule has 1 aliphatic rings. The number of nitrogens with zero attached hydrogens (tertiary/aromatic N) is 4. The van der Waals surface area contributed by atoms with Crippen molar-refractivity contribution < 1.29 is 17.6 Å². The maximum Gasteiger partial charge on any atom is 0.243 e. The molecule has 0 unspecified atom stereocenters. The number of pyridine rings is 1. The lowest BCUT2D eigenvalue weighted by Gasteiger charge is -2.34. The molecular weight excluding hydrogens is 395 g/mol. The summed E-state index contributed by atoms with van der Waals surface area (Å²) in [5.74, 6) is -0.501. The Labute approximate surface area is 170 Å². The Kier molecular flexibility index (Phi) is 6.94. The van der Waals surface area contributed by atoms with Crippen LogP contribution in [0.25, 0.3) is 0 Å². The second-order valence-corrected chi connectivity index (χ2v) is 8.99. The van der Waals surface area contributed by atoms with E-state index in [4.69, 9.17) is 0 Å². The largest absolute Gasteiger partial charge is 0.339 e. The van der Waals surface area contributed by atoms with Crippen molar-refractivity contribution in [3.8, 4) is 0 Å². The van der Waals surface area contributed by atoms with Crippen LogP contribution in [0, 0.1) is 5.82 Å². The lowest BCUT2D eigenvalue weighted by atomic mass is 10.2. The van der Waals surface area contributed by atoms with Gasteiger partial charge >= 0.3 is 0 Å². The number of hydrogen-bond acceptors (Lipinski definition) is 5. The molecule has 0 saturated carbocycles.